The van der Waals surface area contributed by atoms with E-state index in [4.69, 9.17) is 4.74 Å². The maximum atomic E-state index is 12.5. The number of rotatable bonds is 7. The van der Waals surface area contributed by atoms with E-state index in [-0.39, 0.29) is 17.6 Å². The minimum Gasteiger partial charge on any atom is -0.497 e. The number of methoxy groups -OCH3 is 1. The van der Waals surface area contributed by atoms with E-state index >= 15 is 0 Å². The van der Waals surface area contributed by atoms with Crippen LogP contribution < -0.4 is 15.4 Å². The summed E-state index contributed by atoms with van der Waals surface area (Å²) in [6, 6.07) is 20.3. The van der Waals surface area contributed by atoms with Gasteiger partial charge in [0.25, 0.3) is 5.91 Å². The molecule has 0 saturated heterocycles. The van der Waals surface area contributed by atoms with Crippen molar-refractivity contribution in [3.63, 3.8) is 0 Å². The number of hydrogen-bond acceptors (Lipinski definition) is 4. The lowest BCUT2D eigenvalue weighted by Crippen LogP contribution is -2.15. The summed E-state index contributed by atoms with van der Waals surface area (Å²) in [6.07, 6.45) is 0. The van der Waals surface area contributed by atoms with Crippen molar-refractivity contribution in [1.29, 1.82) is 0 Å². The molecule has 0 spiro atoms. The van der Waals surface area contributed by atoms with E-state index in [1.54, 1.807) is 31.4 Å². The lowest BCUT2D eigenvalue weighted by Gasteiger charge is -2.11. The molecule has 3 rings (SSSR count). The monoisotopic (exact) mass is 420 g/mol. The summed E-state index contributed by atoms with van der Waals surface area (Å²) in [5, 5.41) is 5.87. The van der Waals surface area contributed by atoms with Crippen molar-refractivity contribution in [2.75, 3.05) is 23.5 Å². The molecule has 0 aliphatic rings. The number of nitrogens with one attached hydrogen (secondary N) is 2. The van der Waals surface area contributed by atoms with Crippen LogP contribution in [0, 0.1) is 13.8 Å². The molecular formula is C24H24N2O3S. The molecule has 5 nitrogen and oxygen atoms in total. The molecule has 154 valence electrons. The van der Waals surface area contributed by atoms with Gasteiger partial charge in [-0.05, 0) is 61.4 Å². The quantitative estimate of drug-likeness (QED) is 0.509. The molecule has 0 aromatic heterocycles. The molecule has 0 atom stereocenters. The van der Waals surface area contributed by atoms with Gasteiger partial charge in [-0.25, -0.2) is 0 Å². The summed E-state index contributed by atoms with van der Waals surface area (Å²) in [4.78, 5) is 25.8. The Morgan fingerprint density at radius 2 is 1.60 bits per heavy atom. The third-order valence-electron chi connectivity index (χ3n) is 4.54. The molecule has 0 radical (unpaired) electrons. The van der Waals surface area contributed by atoms with Gasteiger partial charge in [0.2, 0.25) is 5.91 Å². The Balaban J connectivity index is 1.60. The van der Waals surface area contributed by atoms with E-state index in [1.807, 2.05) is 56.3 Å². The first kappa shape index (κ1) is 21.5. The number of carbonyl (C=O) groups is 2. The van der Waals surface area contributed by atoms with Crippen molar-refractivity contribution in [3.8, 4) is 5.75 Å². The molecule has 0 aliphatic heterocycles. The van der Waals surface area contributed by atoms with Gasteiger partial charge in [-0.15, -0.1) is 11.8 Å². The second kappa shape index (κ2) is 9.98. The maximum absolute atomic E-state index is 12.5. The average molecular weight is 421 g/mol. The van der Waals surface area contributed by atoms with Crippen LogP contribution in [0.5, 0.6) is 5.75 Å². The average Bonchev–Trinajstić information content (AvgIpc) is 2.75. The number of para-hydroxylation sites is 1. The van der Waals surface area contributed by atoms with Crippen molar-refractivity contribution in [3.05, 3.63) is 83.4 Å². The molecule has 0 heterocycles. The van der Waals surface area contributed by atoms with E-state index in [0.29, 0.717) is 17.0 Å². The minimum atomic E-state index is -0.219. The summed E-state index contributed by atoms with van der Waals surface area (Å²) in [5.74, 6) is 0.620. The molecule has 0 fully saturated rings. The van der Waals surface area contributed by atoms with E-state index in [1.165, 1.54) is 11.8 Å². The van der Waals surface area contributed by atoms with Crippen LogP contribution in [0.15, 0.2) is 71.6 Å². The van der Waals surface area contributed by atoms with Gasteiger partial charge in [-0.2, -0.15) is 0 Å². The highest BCUT2D eigenvalue weighted by molar-refractivity contribution is 8.00. The van der Waals surface area contributed by atoms with E-state index < -0.39 is 0 Å². The van der Waals surface area contributed by atoms with Crippen LogP contribution in [0.1, 0.15) is 21.5 Å². The van der Waals surface area contributed by atoms with Crippen LogP contribution in [-0.2, 0) is 4.79 Å². The van der Waals surface area contributed by atoms with E-state index in [9.17, 15) is 9.59 Å². The van der Waals surface area contributed by atoms with Gasteiger partial charge in [-0.1, -0.05) is 30.3 Å². The molecule has 2 amide bonds. The summed E-state index contributed by atoms with van der Waals surface area (Å²) in [7, 11) is 1.56. The predicted molar refractivity (Wildman–Crippen MR) is 123 cm³/mol. The highest BCUT2D eigenvalue weighted by Gasteiger charge is 2.10. The summed E-state index contributed by atoms with van der Waals surface area (Å²) in [6.45, 7) is 3.95. The zero-order chi connectivity index (χ0) is 21.5. The number of thioether (sulfide) groups is 1. The molecule has 3 aromatic rings. The summed E-state index contributed by atoms with van der Waals surface area (Å²) in [5.41, 5.74) is 4.12. The first-order chi connectivity index (χ1) is 14.5. The lowest BCUT2D eigenvalue weighted by atomic mass is 10.1. The number of amides is 2. The van der Waals surface area contributed by atoms with E-state index in [2.05, 4.69) is 10.6 Å². The highest BCUT2D eigenvalue weighted by Crippen LogP contribution is 2.24. The van der Waals surface area contributed by atoms with Crippen molar-refractivity contribution in [2.45, 2.75) is 18.7 Å². The van der Waals surface area contributed by atoms with Crippen molar-refractivity contribution < 1.29 is 14.3 Å². The third-order valence-corrected chi connectivity index (χ3v) is 5.53. The largest absolute Gasteiger partial charge is 0.497 e. The Hall–Kier alpha value is -3.25. The minimum absolute atomic E-state index is 0.0665. The first-order valence-corrected chi connectivity index (χ1v) is 10.5. The Kier molecular flexibility index (Phi) is 7.14. The summed E-state index contributed by atoms with van der Waals surface area (Å²) < 4.78 is 5.16. The van der Waals surface area contributed by atoms with Crippen LogP contribution in [0.25, 0.3) is 0 Å². The fourth-order valence-corrected chi connectivity index (χ4v) is 3.72. The smallest absolute Gasteiger partial charge is 0.255 e. The number of anilines is 2. The van der Waals surface area contributed by atoms with Gasteiger partial charge in [0, 0.05) is 21.8 Å². The SMILES string of the molecule is COc1cccc(C(=O)Nc2cccc(SCC(=O)Nc3c(C)cccc3C)c2)c1. The van der Waals surface area contributed by atoms with Gasteiger partial charge in [0.15, 0.2) is 0 Å². The van der Waals surface area contributed by atoms with Gasteiger partial charge in [-0.3, -0.25) is 9.59 Å². The predicted octanol–water partition coefficient (Wildman–Crippen LogP) is 5.30. The zero-order valence-corrected chi connectivity index (χ0v) is 18.0. The second-order valence-electron chi connectivity index (χ2n) is 6.82. The fourth-order valence-electron chi connectivity index (χ4n) is 2.97. The molecule has 0 aliphatic carbocycles. The first-order valence-electron chi connectivity index (χ1n) is 9.50. The lowest BCUT2D eigenvalue weighted by molar-refractivity contribution is -0.113. The molecule has 6 heteroatoms. The Bertz CT molecular complexity index is 1050. The number of carbonyl (C=O) groups excluding carboxylic acids is 2. The molecule has 3 aromatic carbocycles. The van der Waals surface area contributed by atoms with Crippen LogP contribution in [0.4, 0.5) is 11.4 Å². The summed E-state index contributed by atoms with van der Waals surface area (Å²) >= 11 is 1.42. The van der Waals surface area contributed by atoms with Crippen molar-refractivity contribution >= 4 is 35.0 Å². The van der Waals surface area contributed by atoms with Crippen LogP contribution in [0.3, 0.4) is 0 Å². The fraction of sp³-hybridized carbons (Fsp3) is 0.167. The molecule has 2 N–H and O–H groups in total. The topological polar surface area (TPSA) is 67.4 Å². The van der Waals surface area contributed by atoms with Crippen LogP contribution in [0.2, 0.25) is 0 Å². The standard InChI is InChI=1S/C24H24N2O3S/c1-16-7-4-8-17(2)23(16)26-22(27)15-30-21-12-6-10-19(14-21)25-24(28)18-9-5-11-20(13-18)29-3/h4-14H,15H2,1-3H3,(H,25,28)(H,26,27). The van der Waals surface area contributed by atoms with Crippen LogP contribution in [-0.4, -0.2) is 24.7 Å². The van der Waals surface area contributed by atoms with Crippen molar-refractivity contribution in [2.24, 2.45) is 0 Å². The molecule has 0 unspecified atom stereocenters. The van der Waals surface area contributed by atoms with Gasteiger partial charge < -0.3 is 15.4 Å². The number of benzene rings is 3. The van der Waals surface area contributed by atoms with Crippen molar-refractivity contribution in [1.82, 2.24) is 0 Å². The van der Waals surface area contributed by atoms with Gasteiger partial charge in [0.05, 0.1) is 12.9 Å². The molecular weight excluding hydrogens is 396 g/mol. The molecule has 0 bridgehead atoms. The number of aryl methyl sites for hydroxylation is 2. The Labute approximate surface area is 180 Å². The third kappa shape index (κ3) is 5.64. The second-order valence-corrected chi connectivity index (χ2v) is 7.87. The van der Waals surface area contributed by atoms with Crippen LogP contribution >= 0.6 is 11.8 Å². The van der Waals surface area contributed by atoms with Gasteiger partial charge >= 0.3 is 0 Å². The van der Waals surface area contributed by atoms with E-state index in [0.717, 1.165) is 21.7 Å². The number of hydrogen-bond donors (Lipinski definition) is 2. The maximum Gasteiger partial charge on any atom is 0.255 e. The normalized spacial score (nSPS) is 10.4. The molecule has 30 heavy (non-hydrogen) atoms. The highest BCUT2D eigenvalue weighted by atomic mass is 32.2. The zero-order valence-electron chi connectivity index (χ0n) is 17.2. The van der Waals surface area contributed by atoms with Gasteiger partial charge in [0.1, 0.15) is 5.75 Å². The Morgan fingerprint density at radius 1 is 0.900 bits per heavy atom. The molecule has 0 saturated carbocycles. The Morgan fingerprint density at radius 3 is 2.33 bits per heavy atom. The number of ether oxygens (including phenoxy) is 1.